The molecule has 4 N–H and O–H groups in total. The van der Waals surface area contributed by atoms with E-state index in [9.17, 15) is 39.6 Å². The fourth-order valence-electron chi connectivity index (χ4n) is 5.48. The zero-order valence-electron chi connectivity index (χ0n) is 21.7. The Balaban J connectivity index is 1.27. The van der Waals surface area contributed by atoms with Crippen LogP contribution in [0.2, 0.25) is 0 Å². The van der Waals surface area contributed by atoms with Crippen LogP contribution in [0.15, 0.2) is 48.5 Å². The number of aliphatic carboxylic acids is 2. The highest BCUT2D eigenvalue weighted by Crippen LogP contribution is 2.39. The van der Waals surface area contributed by atoms with Gasteiger partial charge in [-0.3, -0.25) is 9.59 Å². The summed E-state index contributed by atoms with van der Waals surface area (Å²) in [6.07, 6.45) is 2.04. The van der Waals surface area contributed by atoms with Gasteiger partial charge in [-0.05, 0) is 61.1 Å². The van der Waals surface area contributed by atoms with Gasteiger partial charge >= 0.3 is 11.9 Å². The van der Waals surface area contributed by atoms with Gasteiger partial charge in [-0.2, -0.15) is 0 Å². The number of carbonyl (C=O) groups excluding carboxylic acids is 2. The number of hydrogen-bond acceptors (Lipinski definition) is 8. The summed E-state index contributed by atoms with van der Waals surface area (Å²) in [5, 5.41) is 38.5. The molecular weight excluding hydrogens is 556 g/mol. The molecule has 40 heavy (non-hydrogen) atoms. The molecule has 214 valence electrons. The lowest BCUT2D eigenvalue weighted by Crippen LogP contribution is -2.42. The number of aromatic hydroxyl groups is 2. The Kier molecular flexibility index (Phi) is 9.85. The molecule has 2 aliphatic rings. The van der Waals surface area contributed by atoms with E-state index >= 15 is 0 Å². The van der Waals surface area contributed by atoms with E-state index < -0.39 is 24.0 Å². The van der Waals surface area contributed by atoms with Gasteiger partial charge in [0.05, 0.1) is 12.1 Å². The quantitative estimate of drug-likeness (QED) is 0.222. The van der Waals surface area contributed by atoms with Crippen LogP contribution in [0.1, 0.15) is 61.7 Å². The lowest BCUT2D eigenvalue weighted by atomic mass is 10.0. The van der Waals surface area contributed by atoms with Crippen molar-refractivity contribution in [2.24, 2.45) is 0 Å². The largest absolute Gasteiger partial charge is 0.508 e. The zero-order chi connectivity index (χ0) is 28.8. The average molecular weight is 589 g/mol. The summed E-state index contributed by atoms with van der Waals surface area (Å²) >= 11 is 0. The molecule has 2 fully saturated rings. The number of hydrogen-bond donors (Lipinski definition) is 4. The number of nitrogens with zero attached hydrogens (tertiary/aromatic N) is 2. The lowest BCUT2D eigenvalue weighted by Gasteiger charge is -2.29. The highest BCUT2D eigenvalue weighted by molar-refractivity contribution is 8.76. The third kappa shape index (κ3) is 6.84. The van der Waals surface area contributed by atoms with E-state index in [0.717, 1.165) is 11.1 Å². The molecule has 2 aliphatic heterocycles. The van der Waals surface area contributed by atoms with Crippen LogP contribution in [-0.4, -0.2) is 77.6 Å². The van der Waals surface area contributed by atoms with Gasteiger partial charge in [0.25, 0.3) is 0 Å². The predicted molar refractivity (Wildman–Crippen MR) is 151 cm³/mol. The van der Waals surface area contributed by atoms with Crippen LogP contribution in [0.3, 0.4) is 0 Å². The Morgan fingerprint density at radius 2 is 0.975 bits per heavy atom. The molecule has 2 aromatic rings. The summed E-state index contributed by atoms with van der Waals surface area (Å²) < 4.78 is 0. The predicted octanol–water partition coefficient (Wildman–Crippen LogP) is 4.19. The first-order valence-electron chi connectivity index (χ1n) is 13.1. The van der Waals surface area contributed by atoms with Gasteiger partial charge in [-0.15, -0.1) is 0 Å². The zero-order valence-corrected chi connectivity index (χ0v) is 23.4. The van der Waals surface area contributed by atoms with Gasteiger partial charge in [0.1, 0.15) is 23.6 Å². The molecule has 0 spiro atoms. The molecule has 0 radical (unpaired) electrons. The van der Waals surface area contributed by atoms with Gasteiger partial charge < -0.3 is 30.2 Å². The van der Waals surface area contributed by atoms with Crippen molar-refractivity contribution in [1.82, 2.24) is 9.80 Å². The molecule has 0 bridgehead atoms. The average Bonchev–Trinajstić information content (AvgIpc) is 3.57. The highest BCUT2D eigenvalue weighted by Gasteiger charge is 2.42. The Hall–Kier alpha value is -3.38. The highest BCUT2D eigenvalue weighted by atomic mass is 33.1. The van der Waals surface area contributed by atoms with E-state index in [1.54, 1.807) is 24.3 Å². The molecule has 2 heterocycles. The van der Waals surface area contributed by atoms with E-state index in [-0.39, 0.29) is 48.2 Å². The van der Waals surface area contributed by atoms with Crippen molar-refractivity contribution in [3.05, 3.63) is 59.7 Å². The molecule has 4 atom stereocenters. The summed E-state index contributed by atoms with van der Waals surface area (Å²) in [6.45, 7) is 0. The van der Waals surface area contributed by atoms with Crippen LogP contribution < -0.4 is 0 Å². The van der Waals surface area contributed by atoms with E-state index in [0.29, 0.717) is 37.2 Å². The normalized spacial score (nSPS) is 22.4. The van der Waals surface area contributed by atoms with E-state index in [4.69, 9.17) is 0 Å². The van der Waals surface area contributed by atoms with Crippen molar-refractivity contribution in [1.29, 1.82) is 0 Å². The van der Waals surface area contributed by atoms with Crippen molar-refractivity contribution < 1.29 is 39.6 Å². The second-order valence-electron chi connectivity index (χ2n) is 9.82. The maximum absolute atomic E-state index is 13.1. The van der Waals surface area contributed by atoms with E-state index in [1.165, 1.54) is 55.7 Å². The number of phenols is 2. The number of benzene rings is 2. The Morgan fingerprint density at radius 3 is 1.30 bits per heavy atom. The van der Waals surface area contributed by atoms with E-state index in [2.05, 4.69) is 0 Å². The summed E-state index contributed by atoms with van der Waals surface area (Å²) in [4.78, 5) is 52.6. The maximum atomic E-state index is 13.1. The van der Waals surface area contributed by atoms with Crippen molar-refractivity contribution >= 4 is 45.3 Å². The number of phenolic OH excluding ortho intramolecular Hbond substituents is 2. The molecule has 2 aromatic carbocycles. The van der Waals surface area contributed by atoms with Crippen molar-refractivity contribution in [3.8, 4) is 11.5 Å². The van der Waals surface area contributed by atoms with Crippen LogP contribution in [-0.2, 0) is 19.2 Å². The van der Waals surface area contributed by atoms with Gasteiger partial charge in [0, 0.05) is 24.3 Å². The first-order chi connectivity index (χ1) is 19.2. The summed E-state index contributed by atoms with van der Waals surface area (Å²) in [5.41, 5.74) is 1.56. The molecule has 12 heteroatoms. The topological polar surface area (TPSA) is 156 Å². The van der Waals surface area contributed by atoms with Gasteiger partial charge in [-0.1, -0.05) is 45.9 Å². The van der Waals surface area contributed by atoms with Gasteiger partial charge in [0.15, 0.2) is 0 Å². The van der Waals surface area contributed by atoms with Crippen molar-refractivity contribution in [3.63, 3.8) is 0 Å². The molecule has 2 saturated heterocycles. The van der Waals surface area contributed by atoms with Crippen LogP contribution in [0.25, 0.3) is 0 Å². The third-order valence-electron chi connectivity index (χ3n) is 7.35. The second kappa shape index (κ2) is 13.3. The SMILES string of the molecule is O=C(O)C1CCC(c2ccc(O)cc2)N1C(=O)CCSSCCC(=O)N1C(C(=O)O)CCC1c1ccc(O)cc1. The Labute approximate surface area is 239 Å². The number of likely N-dealkylation sites (tertiary alicyclic amines) is 2. The van der Waals surface area contributed by atoms with Crippen molar-refractivity contribution in [2.75, 3.05) is 11.5 Å². The fraction of sp³-hybridized carbons (Fsp3) is 0.429. The third-order valence-corrected chi connectivity index (χ3v) is 9.76. The summed E-state index contributed by atoms with van der Waals surface area (Å²) in [5.74, 6) is -1.54. The number of carboxylic acids is 2. The van der Waals surface area contributed by atoms with Crippen molar-refractivity contribution in [2.45, 2.75) is 62.7 Å². The number of rotatable bonds is 11. The molecule has 0 saturated carbocycles. The lowest BCUT2D eigenvalue weighted by molar-refractivity contribution is -0.149. The van der Waals surface area contributed by atoms with Gasteiger partial charge in [0.2, 0.25) is 11.8 Å². The van der Waals surface area contributed by atoms with Crippen LogP contribution in [0, 0.1) is 0 Å². The summed E-state index contributed by atoms with van der Waals surface area (Å²) in [6, 6.07) is 10.4. The monoisotopic (exact) mass is 588 g/mol. The molecule has 2 amide bonds. The fourth-order valence-corrected chi connectivity index (χ4v) is 7.44. The molecule has 0 aromatic heterocycles. The first kappa shape index (κ1) is 29.6. The maximum Gasteiger partial charge on any atom is 0.326 e. The minimum absolute atomic E-state index is 0.0976. The molecule has 4 unspecified atom stereocenters. The van der Waals surface area contributed by atoms with E-state index in [1.807, 2.05) is 0 Å². The van der Waals surface area contributed by atoms with Crippen LogP contribution >= 0.6 is 21.6 Å². The number of carbonyl (C=O) groups is 4. The first-order valence-corrected chi connectivity index (χ1v) is 15.6. The Morgan fingerprint density at radius 1 is 0.625 bits per heavy atom. The standard InChI is InChI=1S/C28H32N2O8S2/c31-19-5-1-17(2-6-19)21-9-11-23(27(35)36)29(21)25(33)13-15-39-40-16-14-26(34)30-22(10-12-24(30)28(37)38)18-3-7-20(32)8-4-18/h1-8,21-24,31-32H,9-16H2,(H,35,36)(H,37,38). The minimum atomic E-state index is -1.04. The van der Waals surface area contributed by atoms with Crippen LogP contribution in [0.4, 0.5) is 0 Å². The number of amides is 2. The Bertz CT molecular complexity index is 1130. The number of carboxylic acid groups (broad SMARTS) is 2. The molecule has 4 rings (SSSR count). The van der Waals surface area contributed by atoms with Crippen LogP contribution in [0.5, 0.6) is 11.5 Å². The summed E-state index contributed by atoms with van der Waals surface area (Å²) in [7, 11) is 2.83. The molecule has 10 nitrogen and oxygen atoms in total. The van der Waals surface area contributed by atoms with Gasteiger partial charge in [-0.25, -0.2) is 9.59 Å². The smallest absolute Gasteiger partial charge is 0.326 e. The molecule has 0 aliphatic carbocycles. The second-order valence-corrected chi connectivity index (χ2v) is 12.5. The molecular formula is C28H32N2O8S2. The minimum Gasteiger partial charge on any atom is -0.508 e.